The molecule has 2 nitrogen and oxygen atoms in total. The first-order valence-electron chi connectivity index (χ1n) is 5.71. The smallest absolute Gasteiger partial charge is 0.207 e. The van der Waals surface area contributed by atoms with Gasteiger partial charge in [-0.25, -0.2) is 0 Å². The van der Waals surface area contributed by atoms with Crippen molar-refractivity contribution in [3.05, 3.63) is 33.0 Å². The van der Waals surface area contributed by atoms with Crippen molar-refractivity contribution in [2.45, 2.75) is 33.6 Å². The number of furan rings is 1. The molecule has 0 unspecified atom stereocenters. The van der Waals surface area contributed by atoms with Gasteiger partial charge in [-0.3, -0.25) is 0 Å². The molecule has 0 saturated heterocycles. The zero-order valence-corrected chi connectivity index (χ0v) is 11.8. The first kappa shape index (κ1) is 12.2. The summed E-state index contributed by atoms with van der Waals surface area (Å²) in [5.41, 5.74) is 4.16. The van der Waals surface area contributed by atoms with E-state index in [1.165, 1.54) is 0 Å². The van der Waals surface area contributed by atoms with Crippen LogP contribution in [0.2, 0.25) is 0 Å². The van der Waals surface area contributed by atoms with Crippen molar-refractivity contribution in [2.24, 2.45) is 0 Å². The van der Waals surface area contributed by atoms with E-state index < -0.39 is 0 Å². The number of hydrogen-bond acceptors (Lipinski definition) is 2. The van der Waals surface area contributed by atoms with Crippen molar-refractivity contribution in [3.8, 4) is 6.07 Å². The molecule has 0 aliphatic rings. The van der Waals surface area contributed by atoms with Gasteiger partial charge in [0.05, 0.1) is 0 Å². The monoisotopic (exact) mass is 291 g/mol. The highest BCUT2D eigenvalue weighted by Gasteiger charge is 2.17. The number of aryl methyl sites for hydroxylation is 3. The first-order chi connectivity index (χ1) is 8.10. The molecule has 0 atom stereocenters. The summed E-state index contributed by atoms with van der Waals surface area (Å²) in [5, 5.41) is 10.2. The largest absolute Gasteiger partial charge is 0.445 e. The van der Waals surface area contributed by atoms with Crippen molar-refractivity contribution in [2.75, 3.05) is 0 Å². The van der Waals surface area contributed by atoms with Crippen molar-refractivity contribution in [1.82, 2.24) is 0 Å². The minimum Gasteiger partial charge on any atom is -0.445 e. The third-order valence-electron chi connectivity index (χ3n) is 3.03. The van der Waals surface area contributed by atoms with Gasteiger partial charge in [-0.1, -0.05) is 29.3 Å². The average molecular weight is 292 g/mol. The molecule has 0 saturated carbocycles. The van der Waals surface area contributed by atoms with Gasteiger partial charge in [-0.2, -0.15) is 5.26 Å². The fraction of sp³-hybridized carbons (Fsp3) is 0.357. The summed E-state index contributed by atoms with van der Waals surface area (Å²) in [6.45, 7) is 6.21. The van der Waals surface area contributed by atoms with E-state index in [1.54, 1.807) is 0 Å². The Balaban J connectivity index is 2.86. The van der Waals surface area contributed by atoms with Crippen LogP contribution in [0.25, 0.3) is 11.0 Å². The normalized spacial score (nSPS) is 10.8. The lowest BCUT2D eigenvalue weighted by Crippen LogP contribution is -1.89. The van der Waals surface area contributed by atoms with E-state index in [9.17, 15) is 0 Å². The lowest BCUT2D eigenvalue weighted by molar-refractivity contribution is 0.592. The van der Waals surface area contributed by atoms with Crippen LogP contribution in [0.4, 0.5) is 0 Å². The topological polar surface area (TPSA) is 36.9 Å². The van der Waals surface area contributed by atoms with Crippen LogP contribution in [-0.2, 0) is 6.42 Å². The standard InChI is InChI=1S/C14H14BrNO/c1-4-5-10-12(7-16)17-11-6-8(2)14(15)9(3)13(10)11/h6H,4-5H2,1-3H3. The zero-order chi connectivity index (χ0) is 12.6. The van der Waals surface area contributed by atoms with Gasteiger partial charge < -0.3 is 4.42 Å². The Morgan fingerprint density at radius 1 is 1.41 bits per heavy atom. The van der Waals surface area contributed by atoms with Crippen LogP contribution in [0, 0.1) is 25.2 Å². The van der Waals surface area contributed by atoms with Crippen LogP contribution < -0.4 is 0 Å². The van der Waals surface area contributed by atoms with E-state index >= 15 is 0 Å². The molecule has 1 heterocycles. The summed E-state index contributed by atoms with van der Waals surface area (Å²) >= 11 is 3.59. The Hall–Kier alpha value is -1.27. The number of nitrogens with zero attached hydrogens (tertiary/aromatic N) is 1. The molecule has 0 N–H and O–H groups in total. The van der Waals surface area contributed by atoms with E-state index in [4.69, 9.17) is 9.68 Å². The number of nitriles is 1. The number of fused-ring (bicyclic) bond motifs is 1. The maximum atomic E-state index is 9.12. The average Bonchev–Trinajstić information content (AvgIpc) is 2.65. The van der Waals surface area contributed by atoms with E-state index in [1.807, 2.05) is 13.0 Å². The van der Waals surface area contributed by atoms with Gasteiger partial charge in [0, 0.05) is 15.4 Å². The van der Waals surface area contributed by atoms with Crippen molar-refractivity contribution in [1.29, 1.82) is 5.26 Å². The van der Waals surface area contributed by atoms with Crippen LogP contribution in [0.5, 0.6) is 0 Å². The molecule has 0 amide bonds. The second kappa shape index (κ2) is 4.54. The second-order valence-electron chi connectivity index (χ2n) is 4.28. The van der Waals surface area contributed by atoms with Gasteiger partial charge in [-0.05, 0) is 37.5 Å². The Labute approximate surface area is 109 Å². The van der Waals surface area contributed by atoms with Crippen LogP contribution in [-0.4, -0.2) is 0 Å². The Kier molecular flexibility index (Phi) is 3.26. The van der Waals surface area contributed by atoms with Crippen LogP contribution >= 0.6 is 15.9 Å². The maximum absolute atomic E-state index is 9.12. The van der Waals surface area contributed by atoms with E-state index in [0.29, 0.717) is 5.76 Å². The zero-order valence-electron chi connectivity index (χ0n) is 10.2. The first-order valence-corrected chi connectivity index (χ1v) is 6.50. The van der Waals surface area contributed by atoms with E-state index in [0.717, 1.165) is 45.0 Å². The van der Waals surface area contributed by atoms with Crippen molar-refractivity contribution in [3.63, 3.8) is 0 Å². The van der Waals surface area contributed by atoms with Gasteiger partial charge in [0.2, 0.25) is 5.76 Å². The summed E-state index contributed by atoms with van der Waals surface area (Å²) in [6, 6.07) is 4.15. The van der Waals surface area contributed by atoms with Crippen LogP contribution in [0.3, 0.4) is 0 Å². The predicted octanol–water partition coefficient (Wildman–Crippen LogP) is 4.64. The predicted molar refractivity (Wildman–Crippen MR) is 72.1 cm³/mol. The molecule has 0 spiro atoms. The quantitative estimate of drug-likeness (QED) is 0.808. The van der Waals surface area contributed by atoms with Gasteiger partial charge in [0.1, 0.15) is 11.7 Å². The molecular formula is C14H14BrNO. The summed E-state index contributed by atoms with van der Waals surface area (Å²) in [6.07, 6.45) is 1.89. The van der Waals surface area contributed by atoms with Crippen molar-refractivity contribution >= 4 is 26.9 Å². The Morgan fingerprint density at radius 2 is 2.12 bits per heavy atom. The van der Waals surface area contributed by atoms with Gasteiger partial charge >= 0.3 is 0 Å². The third-order valence-corrected chi connectivity index (χ3v) is 4.25. The van der Waals surface area contributed by atoms with Crippen LogP contribution in [0.15, 0.2) is 15.0 Å². The molecule has 0 aliphatic heterocycles. The minimum absolute atomic E-state index is 0.461. The summed E-state index contributed by atoms with van der Waals surface area (Å²) in [4.78, 5) is 0. The third kappa shape index (κ3) is 1.87. The van der Waals surface area contributed by atoms with Crippen LogP contribution in [0.1, 0.15) is 35.8 Å². The molecule has 88 valence electrons. The van der Waals surface area contributed by atoms with E-state index in [-0.39, 0.29) is 0 Å². The van der Waals surface area contributed by atoms with E-state index in [2.05, 4.69) is 35.8 Å². The summed E-state index contributed by atoms with van der Waals surface area (Å²) in [5.74, 6) is 0.461. The molecule has 17 heavy (non-hydrogen) atoms. The fourth-order valence-corrected chi connectivity index (χ4v) is 2.55. The molecular weight excluding hydrogens is 278 g/mol. The molecule has 0 aliphatic carbocycles. The Morgan fingerprint density at radius 3 is 2.71 bits per heavy atom. The SMILES string of the molecule is CCCc1c(C#N)oc2cc(C)c(Br)c(C)c12. The molecule has 2 aromatic rings. The lowest BCUT2D eigenvalue weighted by atomic mass is 10.0. The maximum Gasteiger partial charge on any atom is 0.207 e. The molecule has 2 rings (SSSR count). The summed E-state index contributed by atoms with van der Waals surface area (Å²) < 4.78 is 6.74. The summed E-state index contributed by atoms with van der Waals surface area (Å²) in [7, 11) is 0. The molecule has 0 fully saturated rings. The minimum atomic E-state index is 0.461. The Bertz CT molecular complexity index is 619. The molecule has 1 aromatic carbocycles. The van der Waals surface area contributed by atoms with Gasteiger partial charge in [0.15, 0.2) is 0 Å². The highest BCUT2D eigenvalue weighted by Crippen LogP contribution is 2.35. The fourth-order valence-electron chi connectivity index (χ4n) is 2.24. The number of halogens is 1. The number of rotatable bonds is 2. The molecule has 3 heteroatoms. The number of hydrogen-bond donors (Lipinski definition) is 0. The second-order valence-corrected chi connectivity index (χ2v) is 5.07. The van der Waals surface area contributed by atoms with Gasteiger partial charge in [0.25, 0.3) is 0 Å². The highest BCUT2D eigenvalue weighted by molar-refractivity contribution is 9.10. The van der Waals surface area contributed by atoms with Crippen molar-refractivity contribution < 1.29 is 4.42 Å². The lowest BCUT2D eigenvalue weighted by Gasteiger charge is -2.05. The highest BCUT2D eigenvalue weighted by atomic mass is 79.9. The molecule has 1 aromatic heterocycles. The number of benzene rings is 1. The molecule has 0 radical (unpaired) electrons. The molecule has 0 bridgehead atoms. The van der Waals surface area contributed by atoms with Gasteiger partial charge in [-0.15, -0.1) is 0 Å².